The quantitative estimate of drug-likeness (QED) is 0.771. The van der Waals surface area contributed by atoms with Crippen molar-refractivity contribution in [1.82, 2.24) is 19.8 Å². The predicted octanol–water partition coefficient (Wildman–Crippen LogP) is 1.89. The molecule has 2 aromatic rings. The molecule has 29 heavy (non-hydrogen) atoms. The van der Waals surface area contributed by atoms with E-state index >= 15 is 0 Å². The van der Waals surface area contributed by atoms with Gasteiger partial charge in [-0.1, -0.05) is 25.1 Å². The third kappa shape index (κ3) is 4.50. The van der Waals surface area contributed by atoms with E-state index in [1.807, 2.05) is 42.2 Å². The van der Waals surface area contributed by atoms with Crippen LogP contribution in [0.4, 0.5) is 5.82 Å². The molecule has 0 unspecified atom stereocenters. The largest absolute Gasteiger partial charge is 0.484 e. The van der Waals surface area contributed by atoms with Crippen molar-refractivity contribution in [2.75, 3.05) is 50.8 Å². The van der Waals surface area contributed by atoms with E-state index in [-0.39, 0.29) is 12.5 Å². The number of carbonyl (C=O) groups excluding carboxylic acids is 1. The van der Waals surface area contributed by atoms with Crippen molar-refractivity contribution >= 4 is 11.7 Å². The van der Waals surface area contributed by atoms with Crippen LogP contribution in [0.1, 0.15) is 24.0 Å². The third-order valence-electron chi connectivity index (χ3n) is 5.73. The molecular weight excluding hydrogens is 366 g/mol. The summed E-state index contributed by atoms with van der Waals surface area (Å²) >= 11 is 0. The highest BCUT2D eigenvalue weighted by atomic mass is 16.5. The first kappa shape index (κ1) is 19.6. The Hall–Kier alpha value is -2.67. The van der Waals surface area contributed by atoms with Gasteiger partial charge in [-0.15, -0.1) is 0 Å². The van der Waals surface area contributed by atoms with Gasteiger partial charge in [0.25, 0.3) is 5.91 Å². The Morgan fingerprint density at radius 2 is 1.83 bits per heavy atom. The monoisotopic (exact) mass is 395 g/mol. The number of hydrogen-bond acceptors (Lipinski definition) is 6. The zero-order chi connectivity index (χ0) is 20.2. The molecule has 0 spiro atoms. The van der Waals surface area contributed by atoms with Crippen molar-refractivity contribution in [3.63, 3.8) is 0 Å². The third-order valence-corrected chi connectivity index (χ3v) is 5.73. The van der Waals surface area contributed by atoms with Crippen LogP contribution < -0.4 is 9.64 Å². The number of piperazine rings is 1. The summed E-state index contributed by atoms with van der Waals surface area (Å²) in [5, 5.41) is 0. The lowest BCUT2D eigenvalue weighted by Crippen LogP contribution is -2.47. The van der Waals surface area contributed by atoms with Gasteiger partial charge in [0, 0.05) is 44.7 Å². The van der Waals surface area contributed by atoms with Gasteiger partial charge in [0.2, 0.25) is 0 Å². The molecule has 4 rings (SSSR count). The van der Waals surface area contributed by atoms with E-state index in [2.05, 4.69) is 21.7 Å². The van der Waals surface area contributed by atoms with Gasteiger partial charge < -0.3 is 19.4 Å². The maximum absolute atomic E-state index is 12.8. The van der Waals surface area contributed by atoms with Crippen molar-refractivity contribution < 1.29 is 9.53 Å². The number of amides is 1. The standard InChI is InChI=1S/C22H29N5O2/c1-3-25-11-13-26(14-12-25)22-19-15-27(10-9-20(19)23-17(2)24-22)21(28)16-29-18-7-5-4-6-8-18/h4-8H,3,9-16H2,1-2H3. The fourth-order valence-corrected chi connectivity index (χ4v) is 4.02. The summed E-state index contributed by atoms with van der Waals surface area (Å²) in [6.45, 7) is 10.5. The summed E-state index contributed by atoms with van der Waals surface area (Å²) in [4.78, 5) is 28.9. The van der Waals surface area contributed by atoms with E-state index in [0.29, 0.717) is 18.8 Å². The van der Waals surface area contributed by atoms with Gasteiger partial charge in [0.1, 0.15) is 17.4 Å². The van der Waals surface area contributed by atoms with Gasteiger partial charge in [0.15, 0.2) is 6.61 Å². The molecule has 2 aliphatic rings. The Morgan fingerprint density at radius 3 is 2.55 bits per heavy atom. The highest BCUT2D eigenvalue weighted by molar-refractivity contribution is 5.78. The van der Waals surface area contributed by atoms with Crippen molar-refractivity contribution in [2.45, 2.75) is 26.8 Å². The van der Waals surface area contributed by atoms with E-state index in [1.165, 1.54) is 0 Å². The number of ether oxygens (including phenoxy) is 1. The Morgan fingerprint density at radius 1 is 1.07 bits per heavy atom. The molecule has 1 aromatic carbocycles. The topological polar surface area (TPSA) is 61.8 Å². The van der Waals surface area contributed by atoms with Crippen LogP contribution in [0.25, 0.3) is 0 Å². The number of nitrogens with zero attached hydrogens (tertiary/aromatic N) is 5. The molecule has 0 aliphatic carbocycles. The van der Waals surface area contributed by atoms with Crippen LogP contribution in [0.15, 0.2) is 30.3 Å². The molecule has 1 fully saturated rings. The average molecular weight is 396 g/mol. The predicted molar refractivity (Wildman–Crippen MR) is 112 cm³/mol. The Labute approximate surface area is 172 Å². The number of fused-ring (bicyclic) bond motifs is 1. The number of hydrogen-bond donors (Lipinski definition) is 0. The van der Waals surface area contributed by atoms with Crippen LogP contribution in [0, 0.1) is 6.92 Å². The smallest absolute Gasteiger partial charge is 0.260 e. The minimum absolute atomic E-state index is 0.00169. The number of aryl methyl sites for hydroxylation is 1. The van der Waals surface area contributed by atoms with Crippen molar-refractivity contribution in [3.05, 3.63) is 47.4 Å². The summed E-state index contributed by atoms with van der Waals surface area (Å²) in [6.07, 6.45) is 0.762. The van der Waals surface area contributed by atoms with Crippen LogP contribution in [0.3, 0.4) is 0 Å². The van der Waals surface area contributed by atoms with E-state index in [4.69, 9.17) is 9.72 Å². The van der Waals surface area contributed by atoms with Crippen LogP contribution in [0.5, 0.6) is 5.75 Å². The second kappa shape index (κ2) is 8.78. The molecule has 1 saturated heterocycles. The molecule has 7 heteroatoms. The molecule has 154 valence electrons. The lowest BCUT2D eigenvalue weighted by molar-refractivity contribution is -0.134. The average Bonchev–Trinajstić information content (AvgIpc) is 2.77. The number of rotatable bonds is 5. The zero-order valence-electron chi connectivity index (χ0n) is 17.3. The van der Waals surface area contributed by atoms with E-state index in [0.717, 1.165) is 62.0 Å². The van der Waals surface area contributed by atoms with Gasteiger partial charge in [0.05, 0.1) is 12.2 Å². The summed E-state index contributed by atoms with van der Waals surface area (Å²) in [7, 11) is 0. The lowest BCUT2D eigenvalue weighted by Gasteiger charge is -2.37. The van der Waals surface area contributed by atoms with E-state index in [1.54, 1.807) is 0 Å². The Kier molecular flexibility index (Phi) is 5.94. The van der Waals surface area contributed by atoms with Crippen LogP contribution in [0.2, 0.25) is 0 Å². The fraction of sp³-hybridized carbons (Fsp3) is 0.500. The Balaban J connectivity index is 1.47. The first-order valence-corrected chi connectivity index (χ1v) is 10.4. The Bertz CT molecular complexity index is 850. The molecule has 0 radical (unpaired) electrons. The lowest BCUT2D eigenvalue weighted by atomic mass is 10.0. The van der Waals surface area contributed by atoms with Crippen LogP contribution >= 0.6 is 0 Å². The van der Waals surface area contributed by atoms with Gasteiger partial charge in [-0.2, -0.15) is 0 Å². The van der Waals surface area contributed by atoms with E-state index in [9.17, 15) is 4.79 Å². The normalized spacial score (nSPS) is 17.2. The maximum Gasteiger partial charge on any atom is 0.260 e. The summed E-state index contributed by atoms with van der Waals surface area (Å²) in [6, 6.07) is 9.47. The minimum atomic E-state index is 0.00169. The molecule has 0 atom stereocenters. The number of aromatic nitrogens is 2. The molecule has 0 N–H and O–H groups in total. The molecule has 1 amide bonds. The first-order valence-electron chi connectivity index (χ1n) is 10.4. The second-order valence-electron chi connectivity index (χ2n) is 7.61. The van der Waals surface area contributed by atoms with Crippen molar-refractivity contribution in [1.29, 1.82) is 0 Å². The maximum atomic E-state index is 12.8. The molecule has 0 bridgehead atoms. The second-order valence-corrected chi connectivity index (χ2v) is 7.61. The first-order chi connectivity index (χ1) is 14.1. The van der Waals surface area contributed by atoms with Gasteiger partial charge in [-0.3, -0.25) is 4.79 Å². The highest BCUT2D eigenvalue weighted by Crippen LogP contribution is 2.27. The molecule has 1 aromatic heterocycles. The van der Waals surface area contributed by atoms with Crippen molar-refractivity contribution in [2.24, 2.45) is 0 Å². The zero-order valence-corrected chi connectivity index (χ0v) is 17.3. The number of carbonyl (C=O) groups is 1. The van der Waals surface area contributed by atoms with E-state index < -0.39 is 0 Å². The number of likely N-dealkylation sites (N-methyl/N-ethyl adjacent to an activating group) is 1. The van der Waals surface area contributed by atoms with Crippen LogP contribution in [-0.4, -0.2) is 71.6 Å². The minimum Gasteiger partial charge on any atom is -0.484 e. The van der Waals surface area contributed by atoms with Gasteiger partial charge in [-0.25, -0.2) is 9.97 Å². The molecule has 3 heterocycles. The number of para-hydroxylation sites is 1. The summed E-state index contributed by atoms with van der Waals surface area (Å²) < 4.78 is 5.66. The van der Waals surface area contributed by atoms with Crippen molar-refractivity contribution in [3.8, 4) is 5.75 Å². The SMILES string of the molecule is CCN1CCN(c2nc(C)nc3c2CN(C(=O)COc2ccccc2)CC3)CC1. The van der Waals surface area contributed by atoms with Gasteiger partial charge in [-0.05, 0) is 25.6 Å². The number of anilines is 1. The summed E-state index contributed by atoms with van der Waals surface area (Å²) in [5.41, 5.74) is 2.18. The summed E-state index contributed by atoms with van der Waals surface area (Å²) in [5.74, 6) is 2.53. The van der Waals surface area contributed by atoms with Crippen LogP contribution in [-0.2, 0) is 17.8 Å². The highest BCUT2D eigenvalue weighted by Gasteiger charge is 2.28. The number of benzene rings is 1. The molecule has 0 saturated carbocycles. The van der Waals surface area contributed by atoms with Gasteiger partial charge >= 0.3 is 0 Å². The molecule has 7 nitrogen and oxygen atoms in total. The molecule has 2 aliphatic heterocycles. The molecular formula is C22H29N5O2. The fourth-order valence-electron chi connectivity index (χ4n) is 4.02.